The number of thioether (sulfide) groups is 1. The monoisotopic (exact) mass is 552 g/mol. The average Bonchev–Trinajstić information content (AvgIpc) is 3.29. The topological polar surface area (TPSA) is 71.3 Å². The molecule has 0 bridgehead atoms. The first-order valence-electron chi connectivity index (χ1n) is 11.6. The standard InChI is InChI=1S/C25H27Cl3N4O2S/c26-19-6-1-4-17(12-19)16-35-11-3-9-29-25(33)18-5-2-10-32(14-18)15-23-30-24(31-34-23)21-8-7-20(27)13-22(21)28/h1,4,6-8,12-13,18H,2-3,5,9-11,14-16H2,(H,29,33). The summed E-state index contributed by atoms with van der Waals surface area (Å²) in [5, 5.41) is 8.95. The van der Waals surface area contributed by atoms with Crippen molar-refractivity contribution >= 4 is 52.5 Å². The summed E-state index contributed by atoms with van der Waals surface area (Å²) in [5.74, 6) is 2.93. The first-order chi connectivity index (χ1) is 17.0. The molecule has 1 unspecified atom stereocenters. The van der Waals surface area contributed by atoms with Gasteiger partial charge in [0.05, 0.1) is 17.5 Å². The van der Waals surface area contributed by atoms with Gasteiger partial charge in [-0.25, -0.2) is 0 Å². The van der Waals surface area contributed by atoms with Crippen LogP contribution in [0, 0.1) is 5.92 Å². The van der Waals surface area contributed by atoms with Gasteiger partial charge in [0.2, 0.25) is 17.6 Å². The Morgan fingerprint density at radius 2 is 2.03 bits per heavy atom. The number of hydrogen-bond donors (Lipinski definition) is 1. The number of nitrogens with zero attached hydrogens (tertiary/aromatic N) is 3. The van der Waals surface area contributed by atoms with Crippen LogP contribution in [-0.2, 0) is 17.1 Å². The molecule has 2 heterocycles. The Hall–Kier alpha value is -1.77. The number of carbonyl (C=O) groups is 1. The third-order valence-corrected chi connectivity index (χ3v) is 7.70. The van der Waals surface area contributed by atoms with E-state index in [0.717, 1.165) is 42.3 Å². The van der Waals surface area contributed by atoms with Crippen LogP contribution in [0.5, 0.6) is 0 Å². The maximum absolute atomic E-state index is 12.7. The number of nitrogens with one attached hydrogen (secondary N) is 1. The van der Waals surface area contributed by atoms with E-state index in [1.54, 1.807) is 18.2 Å². The van der Waals surface area contributed by atoms with E-state index < -0.39 is 0 Å². The van der Waals surface area contributed by atoms with Crippen molar-refractivity contribution in [2.75, 3.05) is 25.4 Å². The summed E-state index contributed by atoms with van der Waals surface area (Å²) in [4.78, 5) is 19.4. The minimum Gasteiger partial charge on any atom is -0.356 e. The van der Waals surface area contributed by atoms with Crippen LogP contribution >= 0.6 is 46.6 Å². The highest BCUT2D eigenvalue weighted by atomic mass is 35.5. The molecule has 6 nitrogen and oxygen atoms in total. The van der Waals surface area contributed by atoms with E-state index in [9.17, 15) is 4.79 Å². The Balaban J connectivity index is 1.18. The largest absolute Gasteiger partial charge is 0.356 e. The van der Waals surface area contributed by atoms with E-state index in [4.69, 9.17) is 39.3 Å². The molecule has 1 N–H and O–H groups in total. The lowest BCUT2D eigenvalue weighted by atomic mass is 9.97. The highest BCUT2D eigenvalue weighted by molar-refractivity contribution is 7.98. The predicted molar refractivity (Wildman–Crippen MR) is 143 cm³/mol. The molecule has 0 saturated carbocycles. The molecule has 1 amide bonds. The highest BCUT2D eigenvalue weighted by Gasteiger charge is 2.26. The highest BCUT2D eigenvalue weighted by Crippen LogP contribution is 2.29. The van der Waals surface area contributed by atoms with Crippen molar-refractivity contribution in [2.24, 2.45) is 5.92 Å². The van der Waals surface area contributed by atoms with Gasteiger partial charge in [0.25, 0.3) is 0 Å². The molecule has 35 heavy (non-hydrogen) atoms. The zero-order chi connectivity index (χ0) is 24.6. The van der Waals surface area contributed by atoms with Gasteiger partial charge in [-0.15, -0.1) is 0 Å². The van der Waals surface area contributed by atoms with Crippen LogP contribution in [0.4, 0.5) is 0 Å². The first kappa shape index (κ1) is 26.3. The van der Waals surface area contributed by atoms with Gasteiger partial charge in [-0.1, -0.05) is 52.1 Å². The second kappa shape index (κ2) is 13.0. The Labute approximate surface area is 224 Å². The summed E-state index contributed by atoms with van der Waals surface area (Å²) in [7, 11) is 0. The van der Waals surface area contributed by atoms with Crippen LogP contribution < -0.4 is 5.32 Å². The van der Waals surface area contributed by atoms with Crippen LogP contribution in [-0.4, -0.2) is 46.3 Å². The maximum atomic E-state index is 12.7. The number of aromatic nitrogens is 2. The summed E-state index contributed by atoms with van der Waals surface area (Å²) in [6.07, 6.45) is 2.78. The van der Waals surface area contributed by atoms with E-state index >= 15 is 0 Å². The first-order valence-corrected chi connectivity index (χ1v) is 13.9. The van der Waals surface area contributed by atoms with E-state index in [1.165, 1.54) is 5.56 Å². The molecule has 3 aromatic rings. The molecule has 1 saturated heterocycles. The zero-order valence-corrected chi connectivity index (χ0v) is 22.3. The molecule has 1 aliphatic heterocycles. The molecule has 0 radical (unpaired) electrons. The van der Waals surface area contributed by atoms with Gasteiger partial charge in [0.1, 0.15) is 0 Å². The molecule has 1 aromatic heterocycles. The van der Waals surface area contributed by atoms with Gasteiger partial charge in [-0.05, 0) is 67.5 Å². The fraction of sp³-hybridized carbons (Fsp3) is 0.400. The summed E-state index contributed by atoms with van der Waals surface area (Å²) < 4.78 is 5.44. The van der Waals surface area contributed by atoms with E-state index in [1.807, 2.05) is 30.0 Å². The quantitative estimate of drug-likeness (QED) is 0.295. The van der Waals surface area contributed by atoms with Crippen molar-refractivity contribution in [2.45, 2.75) is 31.6 Å². The summed E-state index contributed by atoms with van der Waals surface area (Å²) in [6.45, 7) is 2.76. The van der Waals surface area contributed by atoms with E-state index in [-0.39, 0.29) is 11.8 Å². The van der Waals surface area contributed by atoms with Crippen molar-refractivity contribution in [1.82, 2.24) is 20.4 Å². The predicted octanol–water partition coefficient (Wildman–Crippen LogP) is 6.35. The number of hydrogen-bond acceptors (Lipinski definition) is 6. The third kappa shape index (κ3) is 7.86. The Morgan fingerprint density at radius 1 is 1.17 bits per heavy atom. The number of halogens is 3. The van der Waals surface area contributed by atoms with Crippen molar-refractivity contribution in [3.8, 4) is 11.4 Å². The minimum absolute atomic E-state index is 0.0315. The summed E-state index contributed by atoms with van der Waals surface area (Å²) in [5.41, 5.74) is 1.89. The van der Waals surface area contributed by atoms with Gasteiger partial charge in [-0.3, -0.25) is 9.69 Å². The lowest BCUT2D eigenvalue weighted by Crippen LogP contribution is -2.43. The average molecular weight is 554 g/mol. The molecule has 0 aliphatic carbocycles. The van der Waals surface area contributed by atoms with Crippen LogP contribution in [0.25, 0.3) is 11.4 Å². The SMILES string of the molecule is O=C(NCCCSCc1cccc(Cl)c1)C1CCCN(Cc2nc(-c3ccc(Cl)cc3Cl)no2)C1. The van der Waals surface area contributed by atoms with Gasteiger partial charge in [0.15, 0.2) is 0 Å². The Kier molecular flexibility index (Phi) is 9.75. The lowest BCUT2D eigenvalue weighted by Gasteiger charge is -2.30. The van der Waals surface area contributed by atoms with Crippen molar-refractivity contribution in [3.05, 3.63) is 69.0 Å². The van der Waals surface area contributed by atoms with Gasteiger partial charge in [0, 0.05) is 34.5 Å². The molecule has 1 atom stereocenters. The molecule has 1 aliphatic rings. The van der Waals surface area contributed by atoms with Crippen molar-refractivity contribution in [1.29, 1.82) is 0 Å². The lowest BCUT2D eigenvalue weighted by molar-refractivity contribution is -0.126. The van der Waals surface area contributed by atoms with Crippen LogP contribution in [0.15, 0.2) is 47.0 Å². The van der Waals surface area contributed by atoms with Gasteiger partial charge in [-0.2, -0.15) is 16.7 Å². The molecule has 2 aromatic carbocycles. The molecule has 186 valence electrons. The normalized spacial score (nSPS) is 16.4. The van der Waals surface area contributed by atoms with Crippen LogP contribution in [0.2, 0.25) is 15.1 Å². The summed E-state index contributed by atoms with van der Waals surface area (Å²) >= 11 is 20.1. The molecular formula is C25H27Cl3N4O2S. The van der Waals surface area contributed by atoms with Crippen LogP contribution in [0.3, 0.4) is 0 Å². The number of benzene rings is 2. The van der Waals surface area contributed by atoms with Crippen molar-refractivity contribution in [3.63, 3.8) is 0 Å². The zero-order valence-electron chi connectivity index (χ0n) is 19.2. The number of likely N-dealkylation sites (tertiary alicyclic amines) is 1. The Morgan fingerprint density at radius 3 is 2.86 bits per heavy atom. The van der Waals surface area contributed by atoms with Crippen molar-refractivity contribution < 1.29 is 9.32 Å². The Bertz CT molecular complexity index is 1140. The fourth-order valence-electron chi connectivity index (χ4n) is 4.05. The molecule has 10 heteroatoms. The van der Waals surface area contributed by atoms with Gasteiger partial charge >= 0.3 is 0 Å². The number of rotatable bonds is 10. The number of carbonyl (C=O) groups excluding carboxylic acids is 1. The molecule has 1 fully saturated rings. The van der Waals surface area contributed by atoms with Crippen LogP contribution in [0.1, 0.15) is 30.7 Å². The molecular weight excluding hydrogens is 527 g/mol. The fourth-order valence-corrected chi connectivity index (χ4v) is 5.66. The minimum atomic E-state index is -0.0315. The third-order valence-electron chi connectivity index (χ3n) is 5.80. The van der Waals surface area contributed by atoms with Gasteiger partial charge < -0.3 is 9.84 Å². The number of amides is 1. The molecule has 4 rings (SSSR count). The second-order valence-corrected chi connectivity index (χ2v) is 10.9. The van der Waals surface area contributed by atoms with E-state index in [2.05, 4.69) is 26.4 Å². The summed E-state index contributed by atoms with van der Waals surface area (Å²) in [6, 6.07) is 13.1. The maximum Gasteiger partial charge on any atom is 0.241 e. The second-order valence-electron chi connectivity index (χ2n) is 8.54. The number of piperidine rings is 1. The van der Waals surface area contributed by atoms with E-state index in [0.29, 0.717) is 47.0 Å². The smallest absolute Gasteiger partial charge is 0.241 e. The molecule has 0 spiro atoms.